The monoisotopic (exact) mass is 311 g/mol. The first-order valence-electron chi connectivity index (χ1n) is 7.12. The van der Waals surface area contributed by atoms with E-state index in [2.05, 4.69) is 0 Å². The van der Waals surface area contributed by atoms with E-state index in [9.17, 15) is 17.8 Å². The Kier molecular flexibility index (Phi) is 5.00. The van der Waals surface area contributed by atoms with E-state index in [0.717, 1.165) is 24.8 Å². The van der Waals surface area contributed by atoms with Crippen LogP contribution < -0.4 is 0 Å². The minimum atomic E-state index is -4.14. The molecular weight excluding hydrogens is 290 g/mol. The first-order valence-corrected chi connectivity index (χ1v) is 8.62. The van der Waals surface area contributed by atoms with Crippen molar-refractivity contribution in [2.75, 3.05) is 13.1 Å². The van der Waals surface area contributed by atoms with Crippen LogP contribution in [0.4, 0.5) is 0 Å². The zero-order valence-corrected chi connectivity index (χ0v) is 12.9. The molecule has 2 rings (SSSR count). The van der Waals surface area contributed by atoms with Crippen LogP contribution in [0, 0.1) is 12.8 Å². The van der Waals surface area contributed by atoms with E-state index in [1.165, 1.54) is 0 Å². The molecule has 1 N–H and O–H groups in total. The Hall–Kier alpha value is -1.40. The molecule has 0 saturated carbocycles. The number of likely N-dealkylation sites (tertiary alicyclic amines) is 1. The van der Waals surface area contributed by atoms with Crippen molar-refractivity contribution in [1.29, 1.82) is 0 Å². The number of hydrogen-bond donors (Lipinski definition) is 1. The van der Waals surface area contributed by atoms with E-state index in [1.54, 1.807) is 23.1 Å². The topological polar surface area (TPSA) is 74.7 Å². The Labute approximate surface area is 125 Å². The van der Waals surface area contributed by atoms with Crippen molar-refractivity contribution in [2.45, 2.75) is 31.4 Å². The molecule has 1 aromatic rings. The SMILES string of the molecule is Cc1cccc(C(CC2CCN(C=O)CC2)S(=O)(=O)O)c1. The van der Waals surface area contributed by atoms with Gasteiger partial charge in [-0.1, -0.05) is 29.8 Å². The Bertz CT molecular complexity index is 591. The number of rotatable bonds is 5. The van der Waals surface area contributed by atoms with Crippen LogP contribution in [0.5, 0.6) is 0 Å². The van der Waals surface area contributed by atoms with Crippen molar-refractivity contribution in [1.82, 2.24) is 4.90 Å². The fourth-order valence-corrected chi connectivity index (χ4v) is 3.90. The van der Waals surface area contributed by atoms with Gasteiger partial charge in [0.15, 0.2) is 0 Å². The summed E-state index contributed by atoms with van der Waals surface area (Å²) in [5.74, 6) is 0.202. The molecule has 6 heteroatoms. The second-order valence-electron chi connectivity index (χ2n) is 5.74. The maximum Gasteiger partial charge on any atom is 0.272 e. The van der Waals surface area contributed by atoms with Gasteiger partial charge in [-0.05, 0) is 37.7 Å². The number of carbonyl (C=O) groups excluding carboxylic acids is 1. The van der Waals surface area contributed by atoms with Crippen LogP contribution in [-0.4, -0.2) is 37.4 Å². The van der Waals surface area contributed by atoms with Crippen molar-refractivity contribution in [2.24, 2.45) is 5.92 Å². The van der Waals surface area contributed by atoms with Crippen molar-refractivity contribution in [3.8, 4) is 0 Å². The molecule has 116 valence electrons. The molecule has 1 aliphatic heterocycles. The highest BCUT2D eigenvalue weighted by Crippen LogP contribution is 2.33. The van der Waals surface area contributed by atoms with Gasteiger partial charge in [-0.15, -0.1) is 0 Å². The van der Waals surface area contributed by atoms with Crippen LogP contribution in [0.15, 0.2) is 24.3 Å². The summed E-state index contributed by atoms with van der Waals surface area (Å²) in [4.78, 5) is 12.4. The first kappa shape index (κ1) is 16.0. The minimum Gasteiger partial charge on any atom is -0.345 e. The van der Waals surface area contributed by atoms with Crippen LogP contribution in [0.1, 0.15) is 35.6 Å². The van der Waals surface area contributed by atoms with Gasteiger partial charge in [-0.25, -0.2) is 0 Å². The van der Waals surface area contributed by atoms with Crippen molar-refractivity contribution < 1.29 is 17.8 Å². The van der Waals surface area contributed by atoms with Gasteiger partial charge in [0.25, 0.3) is 10.1 Å². The lowest BCUT2D eigenvalue weighted by Crippen LogP contribution is -2.33. The lowest BCUT2D eigenvalue weighted by atomic mass is 9.90. The third-order valence-corrected chi connectivity index (χ3v) is 5.30. The molecule has 21 heavy (non-hydrogen) atoms. The second kappa shape index (κ2) is 6.58. The maximum absolute atomic E-state index is 11.7. The summed E-state index contributed by atoms with van der Waals surface area (Å²) in [6.45, 7) is 3.20. The van der Waals surface area contributed by atoms with Crippen LogP contribution in [-0.2, 0) is 14.9 Å². The molecule has 1 heterocycles. The average Bonchev–Trinajstić information content (AvgIpc) is 2.44. The summed E-state index contributed by atoms with van der Waals surface area (Å²) >= 11 is 0. The molecule has 1 atom stereocenters. The van der Waals surface area contributed by atoms with Gasteiger partial charge in [0.2, 0.25) is 6.41 Å². The standard InChI is InChI=1S/C15H21NO4S/c1-12-3-2-4-14(9-12)15(21(18,19)20)10-13-5-7-16(11-17)8-6-13/h2-4,9,11,13,15H,5-8,10H2,1H3,(H,18,19,20). The van der Waals surface area contributed by atoms with Gasteiger partial charge in [0.05, 0.1) is 0 Å². The summed E-state index contributed by atoms with van der Waals surface area (Å²) in [5.41, 5.74) is 1.60. The summed E-state index contributed by atoms with van der Waals surface area (Å²) in [7, 11) is -4.14. The molecule has 1 aromatic carbocycles. The van der Waals surface area contributed by atoms with Crippen molar-refractivity contribution in [3.05, 3.63) is 35.4 Å². The van der Waals surface area contributed by atoms with E-state index >= 15 is 0 Å². The fourth-order valence-electron chi connectivity index (χ4n) is 2.90. The van der Waals surface area contributed by atoms with E-state index in [0.29, 0.717) is 25.1 Å². The molecule has 1 aliphatic rings. The van der Waals surface area contributed by atoms with Gasteiger partial charge in [-0.3, -0.25) is 9.35 Å². The highest BCUT2D eigenvalue weighted by atomic mass is 32.2. The van der Waals surface area contributed by atoms with Crippen molar-refractivity contribution in [3.63, 3.8) is 0 Å². The molecule has 1 amide bonds. The van der Waals surface area contributed by atoms with Crippen LogP contribution >= 0.6 is 0 Å². The predicted molar refractivity (Wildman–Crippen MR) is 80.4 cm³/mol. The van der Waals surface area contributed by atoms with Gasteiger partial charge in [0.1, 0.15) is 5.25 Å². The number of benzene rings is 1. The smallest absolute Gasteiger partial charge is 0.272 e. The number of carbonyl (C=O) groups is 1. The highest BCUT2D eigenvalue weighted by molar-refractivity contribution is 7.86. The van der Waals surface area contributed by atoms with Gasteiger partial charge >= 0.3 is 0 Å². The highest BCUT2D eigenvalue weighted by Gasteiger charge is 2.30. The van der Waals surface area contributed by atoms with Gasteiger partial charge in [-0.2, -0.15) is 8.42 Å². The molecule has 1 unspecified atom stereocenters. The molecular formula is C15H21NO4S. The summed E-state index contributed by atoms with van der Waals surface area (Å²) in [6.07, 6.45) is 2.78. The number of aryl methyl sites for hydroxylation is 1. The lowest BCUT2D eigenvalue weighted by Gasteiger charge is -2.30. The molecule has 1 fully saturated rings. The summed E-state index contributed by atoms with van der Waals surface area (Å²) < 4.78 is 33.0. The number of piperidine rings is 1. The maximum atomic E-state index is 11.7. The summed E-state index contributed by atoms with van der Waals surface area (Å²) in [6, 6.07) is 7.25. The van der Waals surface area contributed by atoms with Gasteiger partial charge in [0, 0.05) is 13.1 Å². The number of hydrogen-bond acceptors (Lipinski definition) is 3. The Morgan fingerprint density at radius 3 is 2.57 bits per heavy atom. The normalized spacial score (nSPS) is 18.5. The molecule has 1 saturated heterocycles. The first-order chi connectivity index (χ1) is 9.90. The molecule has 5 nitrogen and oxygen atoms in total. The fraction of sp³-hybridized carbons (Fsp3) is 0.533. The van der Waals surface area contributed by atoms with Crippen LogP contribution in [0.3, 0.4) is 0 Å². The third kappa shape index (κ3) is 4.28. The minimum absolute atomic E-state index is 0.202. The van der Waals surface area contributed by atoms with E-state index < -0.39 is 15.4 Å². The van der Waals surface area contributed by atoms with Crippen molar-refractivity contribution >= 4 is 16.5 Å². The predicted octanol–water partition coefficient (Wildman–Crippen LogP) is 2.18. The Morgan fingerprint density at radius 2 is 2.05 bits per heavy atom. The average molecular weight is 311 g/mol. The Morgan fingerprint density at radius 1 is 1.38 bits per heavy atom. The molecule has 0 aromatic heterocycles. The molecule has 0 aliphatic carbocycles. The van der Waals surface area contributed by atoms with E-state index in [-0.39, 0.29) is 5.92 Å². The second-order valence-corrected chi connectivity index (χ2v) is 7.34. The zero-order valence-electron chi connectivity index (χ0n) is 12.1. The third-order valence-electron chi connectivity index (χ3n) is 4.12. The number of amides is 1. The van der Waals surface area contributed by atoms with Crippen LogP contribution in [0.25, 0.3) is 0 Å². The van der Waals surface area contributed by atoms with Crippen LogP contribution in [0.2, 0.25) is 0 Å². The molecule has 0 bridgehead atoms. The molecule has 0 spiro atoms. The Balaban J connectivity index is 2.14. The summed E-state index contributed by atoms with van der Waals surface area (Å²) in [5, 5.41) is -0.884. The zero-order chi connectivity index (χ0) is 15.5. The molecule has 0 radical (unpaired) electrons. The van der Waals surface area contributed by atoms with E-state index in [4.69, 9.17) is 0 Å². The van der Waals surface area contributed by atoms with E-state index in [1.807, 2.05) is 13.0 Å². The largest absolute Gasteiger partial charge is 0.345 e. The quantitative estimate of drug-likeness (QED) is 0.668. The number of nitrogens with zero attached hydrogens (tertiary/aromatic N) is 1. The van der Waals surface area contributed by atoms with Gasteiger partial charge < -0.3 is 4.90 Å². The lowest BCUT2D eigenvalue weighted by molar-refractivity contribution is -0.119.